The number of rotatable bonds is 18. The molecule has 0 saturated carbocycles. The lowest BCUT2D eigenvalue weighted by molar-refractivity contribution is -0.696. The maximum atomic E-state index is 10.7. The topological polar surface area (TPSA) is 64.3 Å². The van der Waals surface area contributed by atoms with Crippen molar-refractivity contribution in [1.29, 1.82) is 0 Å². The van der Waals surface area contributed by atoms with E-state index in [1.165, 1.54) is 62.6 Å². The highest BCUT2D eigenvalue weighted by molar-refractivity contribution is 7.85. The summed E-state index contributed by atoms with van der Waals surface area (Å²) >= 11 is 0. The molecule has 1 aromatic carbocycles. The number of allylic oxidation sites excluding steroid dienone is 2. The van der Waals surface area contributed by atoms with Crippen LogP contribution < -0.4 is 9.47 Å². The van der Waals surface area contributed by atoms with E-state index in [1.54, 1.807) is 0 Å². The van der Waals surface area contributed by atoms with Gasteiger partial charge >= 0.3 is 0 Å². The van der Waals surface area contributed by atoms with E-state index in [4.69, 9.17) is 0 Å². The number of pyridine rings is 1. The van der Waals surface area contributed by atoms with Crippen molar-refractivity contribution in [2.45, 2.75) is 78.2 Å². The molecular formula is C30H44N2O3S. The third kappa shape index (κ3) is 13.0. The van der Waals surface area contributed by atoms with Crippen LogP contribution >= 0.6 is 0 Å². The summed E-state index contributed by atoms with van der Waals surface area (Å²) in [6.45, 7) is 7.31. The van der Waals surface area contributed by atoms with Gasteiger partial charge in [0.15, 0.2) is 12.4 Å². The van der Waals surface area contributed by atoms with E-state index < -0.39 is 10.1 Å². The number of nitrogens with zero attached hydrogens (tertiary/aromatic N) is 2. The zero-order chi connectivity index (χ0) is 26.1. The molecule has 0 amide bonds. The molecule has 0 unspecified atom stereocenters. The van der Waals surface area contributed by atoms with Crippen LogP contribution in [-0.2, 0) is 16.7 Å². The van der Waals surface area contributed by atoms with Crippen LogP contribution in [0.5, 0.6) is 0 Å². The van der Waals surface area contributed by atoms with Gasteiger partial charge in [-0.05, 0) is 36.1 Å². The van der Waals surface area contributed by atoms with Crippen LogP contribution in [0.3, 0.4) is 0 Å². The van der Waals surface area contributed by atoms with Gasteiger partial charge < -0.3 is 9.45 Å². The fourth-order valence-corrected chi connectivity index (χ4v) is 4.59. The lowest BCUT2D eigenvalue weighted by Gasteiger charge is -2.25. The van der Waals surface area contributed by atoms with E-state index >= 15 is 0 Å². The Labute approximate surface area is 219 Å². The Morgan fingerprint density at radius 2 is 1.28 bits per heavy atom. The van der Waals surface area contributed by atoms with Crippen molar-refractivity contribution in [1.82, 2.24) is 0 Å². The molecule has 36 heavy (non-hydrogen) atoms. The number of hydrogen-bond donors (Lipinski definition) is 0. The van der Waals surface area contributed by atoms with Crippen molar-refractivity contribution in [3.63, 3.8) is 0 Å². The average Bonchev–Trinajstić information content (AvgIpc) is 2.86. The van der Waals surface area contributed by atoms with E-state index in [0.717, 1.165) is 18.7 Å². The van der Waals surface area contributed by atoms with Crippen molar-refractivity contribution in [2.24, 2.45) is 0 Å². The van der Waals surface area contributed by atoms with Crippen LogP contribution in [0, 0.1) is 0 Å². The van der Waals surface area contributed by atoms with Gasteiger partial charge in [0.25, 0.3) is 0 Å². The van der Waals surface area contributed by atoms with E-state index in [9.17, 15) is 13.0 Å². The van der Waals surface area contributed by atoms with Gasteiger partial charge in [-0.1, -0.05) is 88.8 Å². The van der Waals surface area contributed by atoms with Crippen molar-refractivity contribution in [3.05, 3.63) is 72.1 Å². The zero-order valence-electron chi connectivity index (χ0n) is 22.1. The van der Waals surface area contributed by atoms with Gasteiger partial charge in [-0.3, -0.25) is 0 Å². The van der Waals surface area contributed by atoms with Crippen molar-refractivity contribution in [2.75, 3.05) is 23.7 Å². The molecule has 0 aliphatic carbocycles. The molecule has 0 fully saturated rings. The molecule has 0 bridgehead atoms. The van der Waals surface area contributed by atoms with Crippen LogP contribution in [0.15, 0.2) is 60.9 Å². The first-order chi connectivity index (χ1) is 17.4. The Bertz CT molecular complexity index is 1000. The molecule has 0 aliphatic rings. The molecular weight excluding hydrogens is 468 g/mol. The molecule has 1 aromatic heterocycles. The highest BCUT2D eigenvalue weighted by atomic mass is 32.2. The molecule has 1 heterocycles. The minimum absolute atomic E-state index is 0.322. The van der Waals surface area contributed by atoms with Crippen LogP contribution in [0.2, 0.25) is 0 Å². The third-order valence-electron chi connectivity index (χ3n) is 6.24. The van der Waals surface area contributed by atoms with Gasteiger partial charge in [0.2, 0.25) is 0 Å². The fraction of sp³-hybridized carbons (Fsp3) is 0.500. The molecule has 0 atom stereocenters. The highest BCUT2D eigenvalue weighted by Gasteiger charge is 2.06. The summed E-state index contributed by atoms with van der Waals surface area (Å²) in [6, 6.07) is 12.8. The Morgan fingerprint density at radius 1 is 0.750 bits per heavy atom. The standard InChI is InChI=1S/C30H44N2O3S/c1-3-5-7-11-23-32(24-12-8-6-4-2)30-18-16-28(17-19-30)14-9-10-15-29-20-25-31(26-21-29)22-13-27-36(33,34)35/h9-10,14-21,25-26H,3-8,11-13,22-24,27H2,1-2H3. The van der Waals surface area contributed by atoms with Gasteiger partial charge in [-0.25, -0.2) is 13.0 Å². The SMILES string of the molecule is CCCCCCN(CCCCCC)c1ccc(/C=C/C=C/c2cc[n+](CCCS(=O)(=O)[O-])cc2)cc1. The molecule has 0 radical (unpaired) electrons. The quantitative estimate of drug-likeness (QED) is 0.0976. The largest absolute Gasteiger partial charge is 0.748 e. The monoisotopic (exact) mass is 512 g/mol. The van der Waals surface area contributed by atoms with Gasteiger partial charge in [0.05, 0.1) is 10.1 Å². The van der Waals surface area contributed by atoms with E-state index in [-0.39, 0.29) is 5.75 Å². The van der Waals surface area contributed by atoms with Gasteiger partial charge in [0, 0.05) is 43.1 Å². The number of unbranched alkanes of at least 4 members (excludes halogenated alkanes) is 6. The second-order valence-electron chi connectivity index (χ2n) is 9.40. The first kappa shape index (κ1) is 29.8. The van der Waals surface area contributed by atoms with E-state index in [1.807, 2.05) is 47.3 Å². The fourth-order valence-electron chi connectivity index (χ4n) is 4.11. The van der Waals surface area contributed by atoms with Crippen LogP contribution in [-0.4, -0.2) is 31.8 Å². The third-order valence-corrected chi connectivity index (χ3v) is 7.03. The smallest absolute Gasteiger partial charge is 0.169 e. The molecule has 0 N–H and O–H groups in total. The lowest BCUT2D eigenvalue weighted by atomic mass is 10.1. The molecule has 0 spiro atoms. The number of aromatic nitrogens is 1. The van der Waals surface area contributed by atoms with Crippen LogP contribution in [0.4, 0.5) is 5.69 Å². The Balaban J connectivity index is 1.87. The molecule has 2 aromatic rings. The second kappa shape index (κ2) is 17.1. The number of benzene rings is 1. The number of aryl methyl sites for hydroxylation is 1. The summed E-state index contributed by atoms with van der Waals surface area (Å²) in [5.74, 6) is -0.330. The predicted molar refractivity (Wildman–Crippen MR) is 151 cm³/mol. The summed E-state index contributed by atoms with van der Waals surface area (Å²) in [5, 5.41) is 0. The predicted octanol–water partition coefficient (Wildman–Crippen LogP) is 6.60. The summed E-state index contributed by atoms with van der Waals surface area (Å²) in [7, 11) is -4.14. The Morgan fingerprint density at radius 3 is 1.78 bits per heavy atom. The van der Waals surface area contributed by atoms with E-state index in [0.29, 0.717) is 13.0 Å². The van der Waals surface area contributed by atoms with Crippen molar-refractivity contribution in [3.8, 4) is 0 Å². The molecule has 198 valence electrons. The second-order valence-corrected chi connectivity index (χ2v) is 10.9. The van der Waals surface area contributed by atoms with Crippen LogP contribution in [0.1, 0.15) is 82.8 Å². The maximum absolute atomic E-state index is 10.7. The maximum Gasteiger partial charge on any atom is 0.169 e. The van der Waals surface area contributed by atoms with Gasteiger partial charge in [-0.15, -0.1) is 0 Å². The first-order valence-electron chi connectivity index (χ1n) is 13.5. The first-order valence-corrected chi connectivity index (χ1v) is 15.1. The number of hydrogen-bond acceptors (Lipinski definition) is 4. The molecule has 0 saturated heterocycles. The Hall–Kier alpha value is -2.44. The minimum Gasteiger partial charge on any atom is -0.748 e. The summed E-state index contributed by atoms with van der Waals surface area (Å²) in [4.78, 5) is 2.56. The van der Waals surface area contributed by atoms with Gasteiger partial charge in [-0.2, -0.15) is 0 Å². The molecule has 0 aliphatic heterocycles. The van der Waals surface area contributed by atoms with Crippen molar-refractivity contribution >= 4 is 28.0 Å². The minimum atomic E-state index is -4.14. The average molecular weight is 513 g/mol. The normalized spacial score (nSPS) is 12.1. The van der Waals surface area contributed by atoms with Gasteiger partial charge in [0.1, 0.15) is 6.54 Å². The van der Waals surface area contributed by atoms with E-state index in [2.05, 4.69) is 49.1 Å². The summed E-state index contributed by atoms with van der Waals surface area (Å²) in [6.07, 6.45) is 22.6. The summed E-state index contributed by atoms with van der Waals surface area (Å²) in [5.41, 5.74) is 3.56. The molecule has 5 nitrogen and oxygen atoms in total. The Kier molecular flexibility index (Phi) is 14.1. The highest BCUT2D eigenvalue weighted by Crippen LogP contribution is 2.19. The number of anilines is 1. The zero-order valence-corrected chi connectivity index (χ0v) is 23.0. The molecule has 2 rings (SSSR count). The molecule has 6 heteroatoms. The summed E-state index contributed by atoms with van der Waals surface area (Å²) < 4.78 is 34.0. The van der Waals surface area contributed by atoms with Crippen LogP contribution in [0.25, 0.3) is 12.2 Å². The van der Waals surface area contributed by atoms with Crippen molar-refractivity contribution < 1.29 is 17.5 Å². The lowest BCUT2D eigenvalue weighted by Crippen LogP contribution is -2.33.